The number of ether oxygens (including phenoxy) is 5. The molecule has 4 aromatic rings. The quantitative estimate of drug-likeness (QED) is 0.0267. The Bertz CT molecular complexity index is 1390. The highest BCUT2D eigenvalue weighted by atomic mass is 16.6. The monoisotopic (exact) mass is 728 g/mol. The van der Waals surface area contributed by atoms with Gasteiger partial charge in [0.2, 0.25) is 0 Å². The van der Waals surface area contributed by atoms with Gasteiger partial charge < -0.3 is 46.6 Å². The third kappa shape index (κ3) is 23.8. The van der Waals surface area contributed by atoms with Crippen LogP contribution in [0.15, 0.2) is 121 Å². The van der Waals surface area contributed by atoms with Gasteiger partial charge in [0.15, 0.2) is 0 Å². The second kappa shape index (κ2) is 28.4. The molecule has 0 aromatic heterocycles. The van der Waals surface area contributed by atoms with Crippen molar-refractivity contribution in [3.05, 3.63) is 121 Å². The lowest BCUT2D eigenvalue weighted by atomic mass is 10.2. The van der Waals surface area contributed by atoms with Crippen LogP contribution >= 0.6 is 0 Å². The summed E-state index contributed by atoms with van der Waals surface area (Å²) in [6.45, 7) is 8.48. The number of nitrogen functional groups attached to an aromatic ring is 4. The van der Waals surface area contributed by atoms with Crippen LogP contribution in [0, 0.1) is 0 Å². The highest BCUT2D eigenvalue weighted by Gasteiger charge is 2.16. The van der Waals surface area contributed by atoms with Crippen molar-refractivity contribution in [3.8, 4) is 11.5 Å². The second-order valence-electron chi connectivity index (χ2n) is 12.4. The smallest absolute Gasteiger partial charge is 0.333 e. The molecule has 0 atom stereocenters. The van der Waals surface area contributed by atoms with E-state index in [1.54, 1.807) is 6.92 Å². The number of hydrogen-bond acceptors (Lipinski definition) is 10. The zero-order valence-corrected chi connectivity index (χ0v) is 31.3. The third-order valence-electron chi connectivity index (χ3n) is 7.49. The summed E-state index contributed by atoms with van der Waals surface area (Å²) in [6.07, 6.45) is 7.59. The van der Waals surface area contributed by atoms with Gasteiger partial charge in [-0.15, -0.1) is 0 Å². The molecule has 10 heteroatoms. The lowest BCUT2D eigenvalue weighted by molar-refractivity contribution is -0.151. The largest absolute Gasteiger partial charge is 0.494 e. The molecule has 288 valence electrons. The predicted molar refractivity (Wildman–Crippen MR) is 218 cm³/mol. The zero-order valence-electron chi connectivity index (χ0n) is 31.3. The molecule has 0 radical (unpaired) electrons. The van der Waals surface area contributed by atoms with Crippen LogP contribution in [0.25, 0.3) is 0 Å². The minimum Gasteiger partial charge on any atom is -0.494 e. The van der Waals surface area contributed by atoms with E-state index in [1.165, 1.54) is 0 Å². The summed E-state index contributed by atoms with van der Waals surface area (Å²) < 4.78 is 28.5. The van der Waals surface area contributed by atoms with E-state index >= 15 is 0 Å². The van der Waals surface area contributed by atoms with E-state index in [9.17, 15) is 4.79 Å². The van der Waals surface area contributed by atoms with E-state index in [2.05, 4.69) is 6.58 Å². The number of esters is 1. The van der Waals surface area contributed by atoms with Gasteiger partial charge in [-0.25, -0.2) is 4.79 Å². The van der Waals surface area contributed by atoms with Gasteiger partial charge in [0.1, 0.15) is 17.6 Å². The fourth-order valence-corrected chi connectivity index (χ4v) is 4.53. The Morgan fingerprint density at radius 1 is 0.509 bits per heavy atom. The Hall–Kier alpha value is -5.19. The molecular formula is C43H60N4O6. The van der Waals surface area contributed by atoms with E-state index in [0.717, 1.165) is 85.6 Å². The summed E-state index contributed by atoms with van der Waals surface area (Å²) in [6, 6.07) is 33.8. The maximum Gasteiger partial charge on any atom is 0.333 e. The van der Waals surface area contributed by atoms with Crippen LogP contribution in [-0.2, 0) is 19.0 Å². The molecule has 0 heterocycles. The summed E-state index contributed by atoms with van der Waals surface area (Å²) in [5, 5.41) is 0. The Kier molecular flexibility index (Phi) is 23.6. The number of hydrogen-bond donors (Lipinski definition) is 4. The number of anilines is 4. The molecule has 0 fully saturated rings. The van der Waals surface area contributed by atoms with Crippen LogP contribution in [0.1, 0.15) is 58.3 Å². The first-order valence-corrected chi connectivity index (χ1v) is 18.3. The summed E-state index contributed by atoms with van der Waals surface area (Å²) in [4.78, 5) is 12.0. The normalized spacial score (nSPS) is 10.3. The number of carbonyl (C=O) groups excluding carboxylic acids is 1. The van der Waals surface area contributed by atoms with Crippen LogP contribution in [-0.4, -0.2) is 51.7 Å². The lowest BCUT2D eigenvalue weighted by Gasteiger charge is -2.18. The standard InChI is InChI=1S/C31H46N2O6.2C6H7N/c1-25(2)31(34)39-30(23-35-19-7-3-5-9-21-37-28-15-11-26(32)12-16-28)24-36-20-8-4-6-10-22-38-29-17-13-27(33)14-18-29;2*7-6-4-2-1-3-5-6/h11-18,30H,1,3-10,19-24,32-33H2,2H3;2*1-5H,7H2. The molecule has 4 rings (SSSR count). The lowest BCUT2D eigenvalue weighted by Crippen LogP contribution is -2.29. The first-order valence-electron chi connectivity index (χ1n) is 18.3. The molecule has 0 spiro atoms. The van der Waals surface area contributed by atoms with Gasteiger partial charge in [-0.1, -0.05) is 55.8 Å². The van der Waals surface area contributed by atoms with Gasteiger partial charge in [0.25, 0.3) is 0 Å². The summed E-state index contributed by atoms with van der Waals surface area (Å²) in [5.41, 5.74) is 25.5. The predicted octanol–water partition coefficient (Wildman–Crippen LogP) is 8.49. The minimum absolute atomic E-state index is 0.307. The van der Waals surface area contributed by atoms with Crippen molar-refractivity contribution >= 4 is 28.7 Å². The number of benzene rings is 4. The van der Waals surface area contributed by atoms with Crippen molar-refractivity contribution in [2.45, 2.75) is 64.4 Å². The molecule has 0 bridgehead atoms. The Labute approximate surface area is 316 Å². The average molecular weight is 729 g/mol. The van der Waals surface area contributed by atoms with E-state index < -0.39 is 12.1 Å². The molecule has 0 unspecified atom stereocenters. The topological polar surface area (TPSA) is 167 Å². The van der Waals surface area contributed by atoms with Gasteiger partial charge >= 0.3 is 5.97 Å². The maximum atomic E-state index is 12.0. The van der Waals surface area contributed by atoms with E-state index in [4.69, 9.17) is 46.6 Å². The van der Waals surface area contributed by atoms with Crippen molar-refractivity contribution < 1.29 is 28.5 Å². The molecule has 0 aliphatic heterocycles. The van der Waals surface area contributed by atoms with E-state index in [0.29, 0.717) is 45.2 Å². The Balaban J connectivity index is 0.000000569. The number of nitrogens with two attached hydrogens (primary N) is 4. The van der Waals surface area contributed by atoms with Crippen LogP contribution in [0.4, 0.5) is 22.7 Å². The number of unbranched alkanes of at least 4 members (excludes halogenated alkanes) is 6. The Morgan fingerprint density at radius 2 is 0.849 bits per heavy atom. The first-order chi connectivity index (χ1) is 25.7. The average Bonchev–Trinajstić information content (AvgIpc) is 3.16. The summed E-state index contributed by atoms with van der Waals surface area (Å²) >= 11 is 0. The SMILES string of the molecule is C=C(C)C(=O)OC(COCCCCCCOc1ccc(N)cc1)COCCCCCCOc1ccc(N)cc1.Nc1ccccc1.Nc1ccccc1. The van der Waals surface area contributed by atoms with Crippen LogP contribution in [0.5, 0.6) is 11.5 Å². The number of para-hydroxylation sites is 2. The van der Waals surface area contributed by atoms with Gasteiger partial charge in [-0.3, -0.25) is 0 Å². The molecule has 0 aliphatic rings. The summed E-state index contributed by atoms with van der Waals surface area (Å²) in [5.74, 6) is 1.25. The molecule has 8 N–H and O–H groups in total. The van der Waals surface area contributed by atoms with Crippen molar-refractivity contribution in [1.29, 1.82) is 0 Å². The van der Waals surface area contributed by atoms with Gasteiger partial charge in [-0.05, 0) is 118 Å². The van der Waals surface area contributed by atoms with Crippen molar-refractivity contribution in [3.63, 3.8) is 0 Å². The maximum absolute atomic E-state index is 12.0. The number of rotatable bonds is 22. The van der Waals surface area contributed by atoms with Gasteiger partial charge in [-0.2, -0.15) is 0 Å². The number of carbonyl (C=O) groups is 1. The summed E-state index contributed by atoms with van der Waals surface area (Å²) in [7, 11) is 0. The molecule has 0 saturated heterocycles. The third-order valence-corrected chi connectivity index (χ3v) is 7.49. The fourth-order valence-electron chi connectivity index (χ4n) is 4.53. The minimum atomic E-state index is -0.448. The van der Waals surface area contributed by atoms with Crippen molar-refractivity contribution in [2.75, 3.05) is 62.6 Å². The van der Waals surface area contributed by atoms with Crippen molar-refractivity contribution in [2.24, 2.45) is 0 Å². The molecule has 53 heavy (non-hydrogen) atoms. The first kappa shape index (κ1) is 44.0. The fraction of sp³-hybridized carbons (Fsp3) is 0.372. The zero-order chi connectivity index (χ0) is 38.4. The van der Waals surface area contributed by atoms with Crippen molar-refractivity contribution in [1.82, 2.24) is 0 Å². The molecule has 4 aromatic carbocycles. The van der Waals surface area contributed by atoms with E-state index in [1.807, 2.05) is 109 Å². The van der Waals surface area contributed by atoms with E-state index in [-0.39, 0.29) is 0 Å². The van der Waals surface area contributed by atoms with Gasteiger partial charge in [0, 0.05) is 41.5 Å². The highest BCUT2D eigenvalue weighted by molar-refractivity contribution is 5.87. The Morgan fingerprint density at radius 3 is 1.17 bits per heavy atom. The van der Waals surface area contributed by atoms with Crippen LogP contribution in [0.2, 0.25) is 0 Å². The molecule has 0 amide bonds. The van der Waals surface area contributed by atoms with Crippen LogP contribution in [0.3, 0.4) is 0 Å². The molecule has 10 nitrogen and oxygen atoms in total. The highest BCUT2D eigenvalue weighted by Crippen LogP contribution is 2.15. The van der Waals surface area contributed by atoms with Crippen LogP contribution < -0.4 is 32.4 Å². The molecular weight excluding hydrogens is 668 g/mol. The molecule has 0 aliphatic carbocycles. The second-order valence-corrected chi connectivity index (χ2v) is 12.4. The van der Waals surface area contributed by atoms with Gasteiger partial charge in [0.05, 0.1) is 26.4 Å². The molecule has 0 saturated carbocycles.